The predicted molar refractivity (Wildman–Crippen MR) is 79.7 cm³/mol. The molecule has 0 aliphatic carbocycles. The molecule has 4 nitrogen and oxygen atoms in total. The number of nitrogens with one attached hydrogen (secondary N) is 1. The fourth-order valence-electron chi connectivity index (χ4n) is 1.75. The maximum Gasteiger partial charge on any atom is 0.136 e. The van der Waals surface area contributed by atoms with Gasteiger partial charge >= 0.3 is 0 Å². The van der Waals surface area contributed by atoms with E-state index in [-0.39, 0.29) is 0 Å². The van der Waals surface area contributed by atoms with Gasteiger partial charge < -0.3 is 14.8 Å². The zero-order chi connectivity index (χ0) is 14.8. The van der Waals surface area contributed by atoms with Gasteiger partial charge in [0.05, 0.1) is 19.3 Å². The summed E-state index contributed by atoms with van der Waals surface area (Å²) in [7, 11) is 1.57. The summed E-state index contributed by atoms with van der Waals surface area (Å²) in [5.74, 6) is 1.31. The molecule has 20 heavy (non-hydrogen) atoms. The summed E-state index contributed by atoms with van der Waals surface area (Å²) in [5, 5.41) is 12.3. The van der Waals surface area contributed by atoms with Crippen molar-refractivity contribution < 1.29 is 9.47 Å². The summed E-state index contributed by atoms with van der Waals surface area (Å²) in [6, 6.07) is 7.78. The molecule has 0 heterocycles. The molecular weight excluding hydrogens is 252 g/mol. The molecule has 0 fully saturated rings. The summed E-state index contributed by atoms with van der Waals surface area (Å²) in [5.41, 5.74) is 1.64. The summed E-state index contributed by atoms with van der Waals surface area (Å²) < 4.78 is 10.6. The fraction of sp³-hybridized carbons (Fsp3) is 0.562. The average Bonchev–Trinajstić information content (AvgIpc) is 2.45. The molecule has 0 bridgehead atoms. The zero-order valence-electron chi connectivity index (χ0n) is 12.6. The van der Waals surface area contributed by atoms with E-state index in [1.165, 1.54) is 0 Å². The number of nitriles is 1. The van der Waals surface area contributed by atoms with Gasteiger partial charge in [0, 0.05) is 19.7 Å². The van der Waals surface area contributed by atoms with Crippen LogP contribution >= 0.6 is 0 Å². The van der Waals surface area contributed by atoms with Crippen LogP contribution in [-0.2, 0) is 11.3 Å². The molecule has 110 valence electrons. The molecule has 0 amide bonds. The van der Waals surface area contributed by atoms with Crippen LogP contribution in [-0.4, -0.2) is 26.9 Å². The highest BCUT2D eigenvalue weighted by Crippen LogP contribution is 2.18. The van der Waals surface area contributed by atoms with Crippen LogP contribution in [0.25, 0.3) is 0 Å². The van der Waals surface area contributed by atoms with Crippen LogP contribution in [0.3, 0.4) is 0 Å². The van der Waals surface area contributed by atoms with Crippen LogP contribution in [0.4, 0.5) is 0 Å². The van der Waals surface area contributed by atoms with Gasteiger partial charge in [-0.25, -0.2) is 0 Å². The molecule has 4 heteroatoms. The lowest BCUT2D eigenvalue weighted by Gasteiger charge is -2.09. The largest absolute Gasteiger partial charge is 0.495 e. The maximum atomic E-state index is 9.02. The number of nitrogens with zero attached hydrogens (tertiary/aromatic N) is 1. The minimum atomic E-state index is 0.569. The lowest BCUT2D eigenvalue weighted by atomic mass is 10.1. The van der Waals surface area contributed by atoms with Gasteiger partial charge in [0.1, 0.15) is 11.8 Å². The molecule has 0 unspecified atom stereocenters. The second-order valence-electron chi connectivity index (χ2n) is 5.12. The molecule has 1 aromatic carbocycles. The number of ether oxygens (including phenoxy) is 2. The van der Waals surface area contributed by atoms with Crippen molar-refractivity contribution in [3.05, 3.63) is 29.3 Å². The van der Waals surface area contributed by atoms with Gasteiger partial charge in [-0.3, -0.25) is 0 Å². The highest BCUT2D eigenvalue weighted by atomic mass is 16.5. The molecule has 0 aliphatic heterocycles. The van der Waals surface area contributed by atoms with Gasteiger partial charge in [-0.05, 0) is 30.0 Å². The number of hydrogen-bond acceptors (Lipinski definition) is 4. The monoisotopic (exact) mass is 276 g/mol. The molecule has 1 N–H and O–H groups in total. The highest BCUT2D eigenvalue weighted by Gasteiger charge is 2.03. The molecular formula is C16H24N2O2. The van der Waals surface area contributed by atoms with Crippen molar-refractivity contribution >= 4 is 0 Å². The normalized spacial score (nSPS) is 10.6. The van der Waals surface area contributed by atoms with E-state index in [1.54, 1.807) is 7.11 Å². The Kier molecular flexibility index (Phi) is 7.71. The van der Waals surface area contributed by atoms with Crippen molar-refractivity contribution in [2.75, 3.05) is 26.9 Å². The Morgan fingerprint density at radius 2 is 2.10 bits per heavy atom. The first-order valence-electron chi connectivity index (χ1n) is 7.02. The summed E-state index contributed by atoms with van der Waals surface area (Å²) >= 11 is 0. The second kappa shape index (κ2) is 9.35. The number of hydrogen-bond donors (Lipinski definition) is 1. The summed E-state index contributed by atoms with van der Waals surface area (Å²) in [4.78, 5) is 0. The third-order valence-corrected chi connectivity index (χ3v) is 2.98. The minimum Gasteiger partial charge on any atom is -0.495 e. The van der Waals surface area contributed by atoms with Crippen molar-refractivity contribution in [2.24, 2.45) is 5.92 Å². The van der Waals surface area contributed by atoms with Crippen LogP contribution in [0.1, 0.15) is 31.4 Å². The van der Waals surface area contributed by atoms with E-state index in [9.17, 15) is 0 Å². The Balaban J connectivity index is 2.24. The Morgan fingerprint density at radius 1 is 1.30 bits per heavy atom. The molecule has 1 rings (SSSR count). The van der Waals surface area contributed by atoms with Gasteiger partial charge in [-0.2, -0.15) is 5.26 Å². The van der Waals surface area contributed by atoms with Crippen molar-refractivity contribution in [2.45, 2.75) is 26.8 Å². The van der Waals surface area contributed by atoms with E-state index < -0.39 is 0 Å². The number of rotatable bonds is 9. The van der Waals surface area contributed by atoms with Gasteiger partial charge in [-0.1, -0.05) is 19.9 Å². The van der Waals surface area contributed by atoms with Crippen LogP contribution in [0.5, 0.6) is 5.75 Å². The van der Waals surface area contributed by atoms with Gasteiger partial charge in [-0.15, -0.1) is 0 Å². The summed E-state index contributed by atoms with van der Waals surface area (Å²) in [6.45, 7) is 7.46. The first-order valence-corrected chi connectivity index (χ1v) is 7.02. The van der Waals surface area contributed by atoms with E-state index in [2.05, 4.69) is 25.2 Å². The Labute approximate surface area is 121 Å². The van der Waals surface area contributed by atoms with E-state index in [1.807, 2.05) is 18.2 Å². The Bertz CT molecular complexity index is 439. The molecule has 1 aromatic rings. The van der Waals surface area contributed by atoms with E-state index >= 15 is 0 Å². The molecule has 0 spiro atoms. The first-order chi connectivity index (χ1) is 9.67. The van der Waals surface area contributed by atoms with Gasteiger partial charge in [0.15, 0.2) is 0 Å². The SMILES string of the molecule is COc1ccc(CNCCOCCC(C)C)cc1C#N. The first kappa shape index (κ1) is 16.5. The van der Waals surface area contributed by atoms with E-state index in [0.29, 0.717) is 23.8 Å². The van der Waals surface area contributed by atoms with E-state index in [0.717, 1.165) is 31.7 Å². The standard InChI is InChI=1S/C16H24N2O2/c1-13(2)6-8-20-9-7-18-12-14-4-5-16(19-3)15(10-14)11-17/h4-5,10,13,18H,6-9,12H2,1-3H3. The highest BCUT2D eigenvalue weighted by molar-refractivity contribution is 5.45. The Hall–Kier alpha value is -1.57. The molecule has 0 aromatic heterocycles. The predicted octanol–water partition coefficient (Wildman–Crippen LogP) is 2.72. The lowest BCUT2D eigenvalue weighted by Crippen LogP contribution is -2.19. The van der Waals surface area contributed by atoms with Gasteiger partial charge in [0.25, 0.3) is 0 Å². The Morgan fingerprint density at radius 3 is 2.75 bits per heavy atom. The third-order valence-electron chi connectivity index (χ3n) is 2.98. The molecule has 0 radical (unpaired) electrons. The second-order valence-corrected chi connectivity index (χ2v) is 5.12. The number of methoxy groups -OCH3 is 1. The van der Waals surface area contributed by atoms with Crippen molar-refractivity contribution in [3.8, 4) is 11.8 Å². The molecule has 0 aliphatic rings. The lowest BCUT2D eigenvalue weighted by molar-refractivity contribution is 0.125. The molecule has 0 saturated heterocycles. The van der Waals surface area contributed by atoms with Crippen LogP contribution in [0.2, 0.25) is 0 Å². The quantitative estimate of drug-likeness (QED) is 0.705. The van der Waals surface area contributed by atoms with Gasteiger partial charge in [0.2, 0.25) is 0 Å². The maximum absolute atomic E-state index is 9.02. The van der Waals surface area contributed by atoms with E-state index in [4.69, 9.17) is 14.7 Å². The zero-order valence-corrected chi connectivity index (χ0v) is 12.6. The topological polar surface area (TPSA) is 54.3 Å². The fourth-order valence-corrected chi connectivity index (χ4v) is 1.75. The van der Waals surface area contributed by atoms with Crippen LogP contribution < -0.4 is 10.1 Å². The van der Waals surface area contributed by atoms with Crippen LogP contribution in [0.15, 0.2) is 18.2 Å². The summed E-state index contributed by atoms with van der Waals surface area (Å²) in [6.07, 6.45) is 1.10. The smallest absolute Gasteiger partial charge is 0.136 e. The van der Waals surface area contributed by atoms with Crippen molar-refractivity contribution in [1.82, 2.24) is 5.32 Å². The van der Waals surface area contributed by atoms with Crippen LogP contribution in [0, 0.1) is 17.2 Å². The minimum absolute atomic E-state index is 0.569. The van der Waals surface area contributed by atoms with Crippen molar-refractivity contribution in [3.63, 3.8) is 0 Å². The third kappa shape index (κ3) is 6.05. The molecule has 0 saturated carbocycles. The molecule has 0 atom stereocenters. The van der Waals surface area contributed by atoms with Crippen molar-refractivity contribution in [1.29, 1.82) is 5.26 Å². The average molecular weight is 276 g/mol. The number of benzene rings is 1.